The van der Waals surface area contributed by atoms with Gasteiger partial charge >= 0.3 is 5.97 Å². The minimum atomic E-state index is -0.759. The summed E-state index contributed by atoms with van der Waals surface area (Å²) in [5.74, 6) is -1.20. The van der Waals surface area contributed by atoms with Gasteiger partial charge in [0.25, 0.3) is 0 Å². The zero-order valence-corrected chi connectivity index (χ0v) is 12.3. The predicted molar refractivity (Wildman–Crippen MR) is 78.1 cm³/mol. The lowest BCUT2D eigenvalue weighted by Gasteiger charge is -2.16. The van der Waals surface area contributed by atoms with Gasteiger partial charge in [0.15, 0.2) is 0 Å². The van der Waals surface area contributed by atoms with Gasteiger partial charge in [-0.2, -0.15) is 0 Å². The fourth-order valence-corrected chi connectivity index (χ4v) is 3.89. The number of aryl methyl sites for hydroxylation is 3. The second kappa shape index (κ2) is 4.98. The van der Waals surface area contributed by atoms with Crippen LogP contribution in [0.1, 0.15) is 40.7 Å². The number of hydrogen-bond donors (Lipinski definition) is 1. The first-order valence-corrected chi connectivity index (χ1v) is 7.54. The molecule has 2 aromatic heterocycles. The molecule has 1 aliphatic rings. The molecule has 0 fully saturated rings. The van der Waals surface area contributed by atoms with Crippen molar-refractivity contribution in [1.29, 1.82) is 0 Å². The summed E-state index contributed by atoms with van der Waals surface area (Å²) >= 11 is 1.62. The summed E-state index contributed by atoms with van der Waals surface area (Å²) < 4.78 is 0. The Labute approximate surface area is 121 Å². The molecule has 0 aromatic carbocycles. The quantitative estimate of drug-likeness (QED) is 0.920. The third kappa shape index (κ3) is 2.33. The summed E-state index contributed by atoms with van der Waals surface area (Å²) in [6.07, 6.45) is 2.57. The lowest BCUT2D eigenvalue weighted by Crippen LogP contribution is -2.17. The second-order valence-corrected chi connectivity index (χ2v) is 6.33. The van der Waals surface area contributed by atoms with Gasteiger partial charge in [0.1, 0.15) is 5.01 Å². The number of nitrogens with zero attached hydrogens (tertiary/aromatic N) is 2. The van der Waals surface area contributed by atoms with Crippen LogP contribution in [0.5, 0.6) is 0 Å². The number of carboxylic acids is 1. The van der Waals surface area contributed by atoms with Crippen LogP contribution in [0.2, 0.25) is 0 Å². The first kappa shape index (κ1) is 13.2. The molecule has 1 aliphatic carbocycles. The molecular formula is C15H16N2O2S. The van der Waals surface area contributed by atoms with Crippen LogP contribution in [0.4, 0.5) is 0 Å². The molecule has 104 valence electrons. The molecule has 2 heterocycles. The highest BCUT2D eigenvalue weighted by Gasteiger charge is 2.30. The molecule has 20 heavy (non-hydrogen) atoms. The summed E-state index contributed by atoms with van der Waals surface area (Å²) in [5, 5.41) is 10.2. The van der Waals surface area contributed by atoms with Gasteiger partial charge in [-0.05, 0) is 45.2 Å². The number of pyridine rings is 1. The van der Waals surface area contributed by atoms with E-state index in [2.05, 4.69) is 9.97 Å². The molecule has 2 aromatic rings. The van der Waals surface area contributed by atoms with E-state index in [-0.39, 0.29) is 0 Å². The van der Waals surface area contributed by atoms with Crippen LogP contribution in [0.15, 0.2) is 12.1 Å². The lowest BCUT2D eigenvalue weighted by atomic mass is 9.91. The van der Waals surface area contributed by atoms with Crippen molar-refractivity contribution in [3.05, 3.63) is 34.1 Å². The summed E-state index contributed by atoms with van der Waals surface area (Å²) in [5.41, 5.74) is 3.74. The molecule has 0 spiro atoms. The van der Waals surface area contributed by atoms with Gasteiger partial charge in [0.2, 0.25) is 0 Å². The molecule has 1 atom stereocenters. The molecule has 1 unspecified atom stereocenters. The third-order valence-corrected chi connectivity index (χ3v) is 4.76. The second-order valence-electron chi connectivity index (χ2n) is 5.25. The number of hydrogen-bond acceptors (Lipinski definition) is 4. The van der Waals surface area contributed by atoms with E-state index in [1.54, 1.807) is 11.3 Å². The smallest absolute Gasteiger partial charge is 0.312 e. The van der Waals surface area contributed by atoms with E-state index in [9.17, 15) is 9.90 Å². The Bertz CT molecular complexity index is 658. The largest absolute Gasteiger partial charge is 0.481 e. The normalized spacial score (nSPS) is 17.8. The molecule has 0 bridgehead atoms. The van der Waals surface area contributed by atoms with Crippen LogP contribution in [0.25, 0.3) is 10.6 Å². The highest BCUT2D eigenvalue weighted by molar-refractivity contribution is 7.15. The number of aromatic nitrogens is 2. The van der Waals surface area contributed by atoms with E-state index in [4.69, 9.17) is 0 Å². The van der Waals surface area contributed by atoms with E-state index in [1.165, 1.54) is 0 Å². The SMILES string of the molecule is Cc1cc(-c2nc3c(s2)CCCC3C(=O)O)cc(C)n1. The molecule has 1 N–H and O–H groups in total. The summed E-state index contributed by atoms with van der Waals surface area (Å²) in [6, 6.07) is 4.01. The first-order chi connectivity index (χ1) is 9.54. The molecule has 0 saturated heterocycles. The summed E-state index contributed by atoms with van der Waals surface area (Å²) in [6.45, 7) is 3.92. The van der Waals surface area contributed by atoms with E-state index in [0.717, 1.165) is 45.4 Å². The summed E-state index contributed by atoms with van der Waals surface area (Å²) in [4.78, 5) is 21.4. The lowest BCUT2D eigenvalue weighted by molar-refractivity contribution is -0.139. The van der Waals surface area contributed by atoms with Crippen molar-refractivity contribution < 1.29 is 9.90 Å². The Morgan fingerprint density at radius 3 is 2.65 bits per heavy atom. The van der Waals surface area contributed by atoms with Gasteiger partial charge < -0.3 is 5.11 Å². The Morgan fingerprint density at radius 2 is 2.00 bits per heavy atom. The van der Waals surface area contributed by atoms with Crippen LogP contribution < -0.4 is 0 Å². The van der Waals surface area contributed by atoms with Gasteiger partial charge in [-0.25, -0.2) is 4.98 Å². The number of rotatable bonds is 2. The highest BCUT2D eigenvalue weighted by atomic mass is 32.1. The average Bonchev–Trinajstić information content (AvgIpc) is 2.80. The fraction of sp³-hybridized carbons (Fsp3) is 0.400. The highest BCUT2D eigenvalue weighted by Crippen LogP contribution is 2.38. The third-order valence-electron chi connectivity index (χ3n) is 3.58. The molecule has 0 aliphatic heterocycles. The Hall–Kier alpha value is -1.75. The topological polar surface area (TPSA) is 63.1 Å². The zero-order chi connectivity index (χ0) is 14.3. The number of aliphatic carboxylic acids is 1. The minimum absolute atomic E-state index is 0.437. The Kier molecular flexibility index (Phi) is 3.30. The average molecular weight is 288 g/mol. The molecule has 4 nitrogen and oxygen atoms in total. The van der Waals surface area contributed by atoms with Gasteiger partial charge in [-0.15, -0.1) is 11.3 Å². The maximum absolute atomic E-state index is 11.3. The standard InChI is InChI=1S/C15H16N2O2S/c1-8-6-10(7-9(2)16-8)14-17-13-11(15(18)19)4-3-5-12(13)20-14/h6-7,11H,3-5H2,1-2H3,(H,18,19). The van der Waals surface area contributed by atoms with E-state index in [1.807, 2.05) is 26.0 Å². The van der Waals surface area contributed by atoms with Gasteiger partial charge in [0.05, 0.1) is 11.6 Å². The van der Waals surface area contributed by atoms with Gasteiger partial charge in [-0.1, -0.05) is 0 Å². The van der Waals surface area contributed by atoms with Crippen LogP contribution in [0, 0.1) is 13.8 Å². The number of carbonyl (C=O) groups is 1. The van der Waals surface area contributed by atoms with Crippen LogP contribution in [-0.2, 0) is 11.2 Å². The van der Waals surface area contributed by atoms with E-state index < -0.39 is 11.9 Å². The molecule has 5 heteroatoms. The van der Waals surface area contributed by atoms with Crippen molar-refractivity contribution in [2.75, 3.05) is 0 Å². The predicted octanol–water partition coefficient (Wildman–Crippen LogP) is 3.33. The number of carboxylic acid groups (broad SMARTS) is 1. The minimum Gasteiger partial charge on any atom is -0.481 e. The molecule has 0 saturated carbocycles. The molecule has 0 amide bonds. The van der Waals surface area contributed by atoms with Crippen molar-refractivity contribution in [3.8, 4) is 10.6 Å². The number of thiazole rings is 1. The van der Waals surface area contributed by atoms with Crippen molar-refractivity contribution in [2.24, 2.45) is 0 Å². The first-order valence-electron chi connectivity index (χ1n) is 6.72. The molecular weight excluding hydrogens is 272 g/mol. The summed E-state index contributed by atoms with van der Waals surface area (Å²) in [7, 11) is 0. The Balaban J connectivity index is 2.06. The van der Waals surface area contributed by atoms with E-state index in [0.29, 0.717) is 6.42 Å². The number of fused-ring (bicyclic) bond motifs is 1. The van der Waals surface area contributed by atoms with E-state index >= 15 is 0 Å². The van der Waals surface area contributed by atoms with Crippen molar-refractivity contribution in [2.45, 2.75) is 39.0 Å². The molecule has 3 rings (SSSR count). The monoisotopic (exact) mass is 288 g/mol. The van der Waals surface area contributed by atoms with Gasteiger partial charge in [-0.3, -0.25) is 9.78 Å². The molecule has 0 radical (unpaired) electrons. The van der Waals surface area contributed by atoms with Crippen LogP contribution >= 0.6 is 11.3 Å². The maximum atomic E-state index is 11.3. The van der Waals surface area contributed by atoms with Crippen molar-refractivity contribution >= 4 is 17.3 Å². The van der Waals surface area contributed by atoms with Crippen molar-refractivity contribution in [1.82, 2.24) is 9.97 Å². The zero-order valence-electron chi connectivity index (χ0n) is 11.5. The maximum Gasteiger partial charge on any atom is 0.312 e. The van der Waals surface area contributed by atoms with Crippen LogP contribution in [0.3, 0.4) is 0 Å². The van der Waals surface area contributed by atoms with Gasteiger partial charge in [0, 0.05) is 21.8 Å². The Morgan fingerprint density at radius 1 is 1.30 bits per heavy atom. The fourth-order valence-electron chi connectivity index (χ4n) is 2.74. The van der Waals surface area contributed by atoms with Crippen LogP contribution in [-0.4, -0.2) is 21.0 Å². The van der Waals surface area contributed by atoms with Crippen molar-refractivity contribution in [3.63, 3.8) is 0 Å².